The van der Waals surface area contributed by atoms with Gasteiger partial charge in [0.05, 0.1) is 4.90 Å². The number of carbonyl (C=O) groups is 2. The highest BCUT2D eigenvalue weighted by Gasteiger charge is 2.46. The van der Waals surface area contributed by atoms with Crippen LogP contribution in [0.3, 0.4) is 0 Å². The van der Waals surface area contributed by atoms with Crippen LogP contribution in [0.1, 0.15) is 6.42 Å². The van der Waals surface area contributed by atoms with Crippen molar-refractivity contribution in [1.29, 1.82) is 0 Å². The number of rotatable bonds is 3. The first kappa shape index (κ1) is 22.4. The molecule has 0 aromatic heterocycles. The Hall–Kier alpha value is -2.31. The van der Waals surface area contributed by atoms with Gasteiger partial charge in [-0.05, 0) is 29.3 Å². The lowest BCUT2D eigenvalue weighted by atomic mass is 10.1. The van der Waals surface area contributed by atoms with Crippen molar-refractivity contribution in [3.8, 4) is 0 Å². The molecule has 0 unspecified atom stereocenters. The summed E-state index contributed by atoms with van der Waals surface area (Å²) in [6.45, 7) is -0.101. The molecule has 2 aromatic rings. The van der Waals surface area contributed by atoms with Crippen LogP contribution in [0.4, 0.5) is 13.2 Å². The summed E-state index contributed by atoms with van der Waals surface area (Å²) in [7, 11) is -3.22. The third kappa shape index (κ3) is 4.40. The van der Waals surface area contributed by atoms with Gasteiger partial charge in [-0.3, -0.25) is 20.0 Å². The molecular formula is C18H18F3N3O4S2. The number of sulfonamides is 1. The summed E-state index contributed by atoms with van der Waals surface area (Å²) in [5, 5.41) is 1.36. The van der Waals surface area contributed by atoms with E-state index in [4.69, 9.17) is 0 Å². The van der Waals surface area contributed by atoms with E-state index in [1.807, 2.05) is 12.1 Å². The molecule has 3 rings (SSSR count). The largest absolute Gasteiger partial charge is 0.472 e. The Morgan fingerprint density at radius 3 is 2.43 bits per heavy atom. The summed E-state index contributed by atoms with van der Waals surface area (Å²) in [6.07, 6.45) is -5.20. The Kier molecular flexibility index (Phi) is 6.03. The number of carbonyl (C=O) groups excluding carboxylic acids is 2. The molecular weight excluding hydrogens is 443 g/mol. The highest BCUT2D eigenvalue weighted by molar-refractivity contribution is 7.89. The van der Waals surface area contributed by atoms with Crippen molar-refractivity contribution in [2.45, 2.75) is 28.8 Å². The number of hydrogen-bond acceptors (Lipinski definition) is 5. The van der Waals surface area contributed by atoms with Crippen molar-refractivity contribution in [3.63, 3.8) is 0 Å². The molecule has 30 heavy (non-hydrogen) atoms. The number of fused-ring (bicyclic) bond motifs is 1. The second-order valence-electron chi connectivity index (χ2n) is 6.82. The highest BCUT2D eigenvalue weighted by atomic mass is 32.2. The summed E-state index contributed by atoms with van der Waals surface area (Å²) in [5.74, 6) is -3.32. The van der Waals surface area contributed by atoms with Gasteiger partial charge in [-0.15, -0.1) is 0 Å². The van der Waals surface area contributed by atoms with E-state index < -0.39 is 39.3 Å². The first-order valence-corrected chi connectivity index (χ1v) is 10.7. The third-order valence-electron chi connectivity index (χ3n) is 4.70. The molecule has 1 aliphatic heterocycles. The van der Waals surface area contributed by atoms with Crippen LogP contribution in [0.25, 0.3) is 10.8 Å². The van der Waals surface area contributed by atoms with Gasteiger partial charge in [0.2, 0.25) is 10.0 Å². The zero-order chi connectivity index (χ0) is 22.3. The van der Waals surface area contributed by atoms with Crippen molar-refractivity contribution in [1.82, 2.24) is 14.7 Å². The summed E-state index contributed by atoms with van der Waals surface area (Å²) in [6, 6.07) is 10.3. The summed E-state index contributed by atoms with van der Waals surface area (Å²) < 4.78 is 64.7. The van der Waals surface area contributed by atoms with Gasteiger partial charge in [0.1, 0.15) is 6.04 Å². The first-order chi connectivity index (χ1) is 13.9. The number of amides is 2. The second kappa shape index (κ2) is 8.08. The predicted molar refractivity (Wildman–Crippen MR) is 106 cm³/mol. The van der Waals surface area contributed by atoms with Crippen LogP contribution in [0.15, 0.2) is 47.4 Å². The number of benzene rings is 2. The maximum absolute atomic E-state index is 13.2. The number of hydrazine groups is 1. The molecule has 1 fully saturated rings. The molecule has 0 bridgehead atoms. The standard InChI is InChI=1S/C18H18F3N3O4S2/c1-23(22-17(26)18(19,20)21)16(25)15-9-13(29)10-24(15)30(27,28)14-7-6-11-4-2-3-5-12(11)8-14/h2-8,13,15,29H,9-10H2,1H3,(H,22,26)/t13-,15+/m1/s1. The average Bonchev–Trinajstić information content (AvgIpc) is 3.08. The molecule has 0 saturated carbocycles. The summed E-state index contributed by atoms with van der Waals surface area (Å²) in [5.41, 5.74) is 1.42. The Labute approximate surface area is 176 Å². The van der Waals surface area contributed by atoms with E-state index in [-0.39, 0.29) is 17.9 Å². The Morgan fingerprint density at radius 1 is 1.17 bits per heavy atom. The van der Waals surface area contributed by atoms with E-state index in [9.17, 15) is 31.2 Å². The van der Waals surface area contributed by atoms with Gasteiger partial charge in [-0.2, -0.15) is 30.1 Å². The molecule has 1 N–H and O–H groups in total. The molecule has 1 aliphatic rings. The number of hydrogen-bond donors (Lipinski definition) is 2. The first-order valence-electron chi connectivity index (χ1n) is 8.75. The van der Waals surface area contributed by atoms with Gasteiger partial charge in [0.25, 0.3) is 5.91 Å². The number of alkyl halides is 3. The number of thiol groups is 1. The van der Waals surface area contributed by atoms with E-state index in [1.165, 1.54) is 17.6 Å². The van der Waals surface area contributed by atoms with E-state index in [1.54, 1.807) is 18.2 Å². The molecule has 162 valence electrons. The maximum atomic E-state index is 13.2. The minimum atomic E-state index is -5.19. The van der Waals surface area contributed by atoms with Crippen molar-refractivity contribution >= 4 is 45.2 Å². The van der Waals surface area contributed by atoms with Crippen molar-refractivity contribution in [2.24, 2.45) is 0 Å². The zero-order valence-electron chi connectivity index (χ0n) is 15.6. The fraction of sp³-hybridized carbons (Fsp3) is 0.333. The van der Waals surface area contributed by atoms with Crippen LogP contribution in [0, 0.1) is 0 Å². The SMILES string of the molecule is CN(NC(=O)C(F)(F)F)C(=O)[C@@H]1C[C@@H](S)CN1S(=O)(=O)c1ccc2ccccc2c1. The van der Waals surface area contributed by atoms with Crippen LogP contribution in [-0.2, 0) is 19.6 Å². The van der Waals surface area contributed by atoms with Gasteiger partial charge in [-0.25, -0.2) is 8.42 Å². The molecule has 2 atom stereocenters. The fourth-order valence-electron chi connectivity index (χ4n) is 3.23. The molecule has 0 aliphatic carbocycles. The molecule has 1 saturated heterocycles. The molecule has 7 nitrogen and oxygen atoms in total. The summed E-state index contributed by atoms with van der Waals surface area (Å²) >= 11 is 4.25. The monoisotopic (exact) mass is 461 g/mol. The minimum absolute atomic E-state index is 0.0129. The Balaban J connectivity index is 1.89. The number of nitrogens with zero attached hydrogens (tertiary/aromatic N) is 2. The van der Waals surface area contributed by atoms with Gasteiger partial charge < -0.3 is 0 Å². The van der Waals surface area contributed by atoms with Crippen LogP contribution < -0.4 is 5.43 Å². The van der Waals surface area contributed by atoms with Crippen molar-refractivity contribution in [3.05, 3.63) is 42.5 Å². The molecule has 2 aromatic carbocycles. The third-order valence-corrected chi connectivity index (χ3v) is 6.95. The van der Waals surface area contributed by atoms with Crippen LogP contribution in [0.2, 0.25) is 0 Å². The van der Waals surface area contributed by atoms with Crippen LogP contribution in [0.5, 0.6) is 0 Å². The van der Waals surface area contributed by atoms with E-state index in [2.05, 4.69) is 12.6 Å². The van der Waals surface area contributed by atoms with E-state index in [0.717, 1.165) is 16.7 Å². The van der Waals surface area contributed by atoms with Crippen LogP contribution in [-0.4, -0.2) is 60.6 Å². The predicted octanol–water partition coefficient (Wildman–Crippen LogP) is 1.95. The van der Waals surface area contributed by atoms with E-state index in [0.29, 0.717) is 10.4 Å². The van der Waals surface area contributed by atoms with Crippen LogP contribution >= 0.6 is 12.6 Å². The smallest absolute Gasteiger partial charge is 0.271 e. The quantitative estimate of drug-likeness (QED) is 0.541. The molecule has 1 heterocycles. The lowest BCUT2D eigenvalue weighted by Crippen LogP contribution is -2.54. The topological polar surface area (TPSA) is 86.8 Å². The Bertz CT molecular complexity index is 1090. The zero-order valence-corrected chi connectivity index (χ0v) is 17.3. The normalized spacial score (nSPS) is 20.3. The second-order valence-corrected chi connectivity index (χ2v) is 9.45. The molecule has 2 amide bonds. The molecule has 0 spiro atoms. The lowest BCUT2D eigenvalue weighted by Gasteiger charge is -2.27. The minimum Gasteiger partial charge on any atom is -0.271 e. The van der Waals surface area contributed by atoms with Gasteiger partial charge >= 0.3 is 12.1 Å². The number of halogens is 3. The molecule has 12 heteroatoms. The summed E-state index contributed by atoms with van der Waals surface area (Å²) in [4.78, 5) is 23.7. The van der Waals surface area contributed by atoms with Gasteiger partial charge in [0, 0.05) is 18.8 Å². The maximum Gasteiger partial charge on any atom is 0.472 e. The lowest BCUT2D eigenvalue weighted by molar-refractivity contribution is -0.179. The van der Waals surface area contributed by atoms with Crippen molar-refractivity contribution < 1.29 is 31.2 Å². The van der Waals surface area contributed by atoms with Gasteiger partial charge in [-0.1, -0.05) is 30.3 Å². The van der Waals surface area contributed by atoms with E-state index >= 15 is 0 Å². The fourth-order valence-corrected chi connectivity index (χ4v) is 5.39. The van der Waals surface area contributed by atoms with Gasteiger partial charge in [0.15, 0.2) is 0 Å². The highest BCUT2D eigenvalue weighted by Crippen LogP contribution is 2.31. The Morgan fingerprint density at radius 2 is 1.80 bits per heavy atom. The average molecular weight is 461 g/mol. The van der Waals surface area contributed by atoms with Crippen molar-refractivity contribution in [2.75, 3.05) is 13.6 Å². The number of nitrogens with one attached hydrogen (secondary N) is 1. The molecule has 0 radical (unpaired) electrons. The number of likely N-dealkylation sites (N-methyl/N-ethyl adjacent to an activating group) is 1.